The first-order chi connectivity index (χ1) is 10.1. The lowest BCUT2D eigenvalue weighted by atomic mass is 9.91. The van der Waals surface area contributed by atoms with Gasteiger partial charge in [-0.2, -0.15) is 11.3 Å². The van der Waals surface area contributed by atoms with Crippen molar-refractivity contribution in [3.63, 3.8) is 0 Å². The molecule has 2 aromatic heterocycles. The van der Waals surface area contributed by atoms with Crippen LogP contribution in [0, 0.1) is 0 Å². The molecule has 112 valence electrons. The minimum absolute atomic E-state index is 0.116. The third-order valence-corrected chi connectivity index (χ3v) is 4.98. The molecule has 1 atom stereocenters. The van der Waals surface area contributed by atoms with Crippen LogP contribution in [0.4, 0.5) is 5.69 Å². The van der Waals surface area contributed by atoms with Gasteiger partial charge < -0.3 is 10.2 Å². The molecule has 0 saturated heterocycles. The van der Waals surface area contributed by atoms with Crippen LogP contribution in [0.2, 0.25) is 0 Å². The van der Waals surface area contributed by atoms with Gasteiger partial charge in [-0.25, -0.2) is 0 Å². The number of thiophene rings is 1. The van der Waals surface area contributed by atoms with Gasteiger partial charge in [0.1, 0.15) is 0 Å². The van der Waals surface area contributed by atoms with Crippen LogP contribution in [0.5, 0.6) is 0 Å². The van der Waals surface area contributed by atoms with Gasteiger partial charge in [-0.3, -0.25) is 4.98 Å². The van der Waals surface area contributed by atoms with E-state index in [0.717, 1.165) is 19.5 Å². The zero-order valence-corrected chi connectivity index (χ0v) is 13.8. The maximum atomic E-state index is 4.65. The summed E-state index contributed by atoms with van der Waals surface area (Å²) < 4.78 is 0. The fourth-order valence-electron chi connectivity index (χ4n) is 3.26. The van der Waals surface area contributed by atoms with Gasteiger partial charge in [-0.1, -0.05) is 13.8 Å². The Kier molecular flexibility index (Phi) is 4.00. The first-order valence-corrected chi connectivity index (χ1v) is 8.46. The van der Waals surface area contributed by atoms with E-state index in [1.165, 1.54) is 16.9 Å². The fraction of sp³-hybridized carbons (Fsp3) is 0.471. The van der Waals surface area contributed by atoms with Crippen molar-refractivity contribution in [3.05, 3.63) is 46.4 Å². The van der Waals surface area contributed by atoms with Crippen LogP contribution >= 0.6 is 11.3 Å². The van der Waals surface area contributed by atoms with Gasteiger partial charge in [-0.15, -0.1) is 0 Å². The molecule has 21 heavy (non-hydrogen) atoms. The lowest BCUT2D eigenvalue weighted by molar-refractivity contribution is 0.491. The molecule has 0 bridgehead atoms. The summed E-state index contributed by atoms with van der Waals surface area (Å²) in [5, 5.41) is 7.74. The molecule has 0 amide bonds. The normalized spacial score (nSPS) is 17.8. The van der Waals surface area contributed by atoms with Crippen LogP contribution in [0.3, 0.4) is 0 Å². The molecule has 4 heteroatoms. The van der Waals surface area contributed by atoms with Crippen molar-refractivity contribution >= 4 is 17.0 Å². The van der Waals surface area contributed by atoms with Gasteiger partial charge in [0.15, 0.2) is 0 Å². The van der Waals surface area contributed by atoms with Crippen molar-refractivity contribution in [3.8, 4) is 0 Å². The van der Waals surface area contributed by atoms with E-state index in [9.17, 15) is 0 Å². The fourth-order valence-corrected chi connectivity index (χ4v) is 3.97. The van der Waals surface area contributed by atoms with Crippen LogP contribution in [0.25, 0.3) is 0 Å². The van der Waals surface area contributed by atoms with Crippen LogP contribution in [0.15, 0.2) is 35.2 Å². The second-order valence-electron chi connectivity index (χ2n) is 6.35. The number of nitrogens with one attached hydrogen (secondary N) is 1. The highest BCUT2D eigenvalue weighted by Gasteiger charge is 2.39. The molecule has 0 aromatic carbocycles. The number of hydrogen-bond acceptors (Lipinski definition) is 4. The van der Waals surface area contributed by atoms with Gasteiger partial charge in [0.25, 0.3) is 0 Å². The Bertz CT molecular complexity index is 592. The Hall–Kier alpha value is -1.39. The number of fused-ring (bicyclic) bond motifs is 1. The number of nitrogens with zero attached hydrogens (tertiary/aromatic N) is 2. The maximum absolute atomic E-state index is 4.65. The average Bonchev–Trinajstić information content (AvgIpc) is 3.08. The van der Waals surface area contributed by atoms with Gasteiger partial charge in [0.05, 0.1) is 17.4 Å². The van der Waals surface area contributed by atoms with E-state index in [4.69, 9.17) is 0 Å². The molecule has 0 unspecified atom stereocenters. The lowest BCUT2D eigenvalue weighted by Gasteiger charge is -2.31. The Balaban J connectivity index is 1.97. The van der Waals surface area contributed by atoms with Crippen molar-refractivity contribution < 1.29 is 0 Å². The zero-order chi connectivity index (χ0) is 14.9. The SMILES string of the molecule is CNCC[C@H](c1ccsc1)N1CC(C)(C)c2ncccc21. The molecule has 3 heterocycles. The summed E-state index contributed by atoms with van der Waals surface area (Å²) in [7, 11) is 2.02. The number of pyridine rings is 1. The summed E-state index contributed by atoms with van der Waals surface area (Å²) in [5.41, 5.74) is 4.07. The highest BCUT2D eigenvalue weighted by atomic mass is 32.1. The molecule has 0 saturated carbocycles. The second-order valence-corrected chi connectivity index (χ2v) is 7.13. The molecule has 1 aliphatic heterocycles. The molecule has 0 fully saturated rings. The highest BCUT2D eigenvalue weighted by molar-refractivity contribution is 7.08. The molecule has 3 nitrogen and oxygen atoms in total. The topological polar surface area (TPSA) is 28.2 Å². The molecule has 0 radical (unpaired) electrons. The van der Waals surface area contributed by atoms with E-state index in [1.54, 1.807) is 11.3 Å². The molecule has 0 aliphatic carbocycles. The van der Waals surface area contributed by atoms with Gasteiger partial charge in [-0.05, 0) is 54.5 Å². The van der Waals surface area contributed by atoms with E-state index in [1.807, 2.05) is 13.2 Å². The minimum Gasteiger partial charge on any atom is -0.362 e. The van der Waals surface area contributed by atoms with E-state index >= 15 is 0 Å². The molecule has 3 rings (SSSR count). The first kappa shape index (κ1) is 14.5. The van der Waals surface area contributed by atoms with Crippen molar-refractivity contribution in [2.45, 2.75) is 31.7 Å². The van der Waals surface area contributed by atoms with Gasteiger partial charge >= 0.3 is 0 Å². The van der Waals surface area contributed by atoms with Crippen LogP contribution in [-0.2, 0) is 5.41 Å². The van der Waals surface area contributed by atoms with Crippen LogP contribution in [-0.4, -0.2) is 25.1 Å². The molecule has 1 aliphatic rings. The summed E-state index contributed by atoms with van der Waals surface area (Å²) in [6.45, 7) is 6.64. The van der Waals surface area contributed by atoms with Crippen molar-refractivity contribution in [2.75, 3.05) is 25.0 Å². The van der Waals surface area contributed by atoms with E-state index in [0.29, 0.717) is 6.04 Å². The minimum atomic E-state index is 0.116. The Morgan fingerprint density at radius 1 is 1.43 bits per heavy atom. The summed E-state index contributed by atoms with van der Waals surface area (Å²) in [6.07, 6.45) is 3.02. The predicted octanol–water partition coefficient (Wildman–Crippen LogP) is 3.59. The van der Waals surface area contributed by atoms with Gasteiger partial charge in [0, 0.05) is 18.2 Å². The predicted molar refractivity (Wildman–Crippen MR) is 90.2 cm³/mol. The standard InChI is InChI=1S/C17H23N3S/c1-17(2)12-20(15-5-4-8-19-16(15)17)14(6-9-18-3)13-7-10-21-11-13/h4-5,7-8,10-11,14,18H,6,9,12H2,1-3H3/t14-/m1/s1. The lowest BCUT2D eigenvalue weighted by Crippen LogP contribution is -2.33. The van der Waals surface area contributed by atoms with E-state index in [2.05, 4.69) is 58.0 Å². The highest BCUT2D eigenvalue weighted by Crippen LogP contribution is 2.44. The third-order valence-electron chi connectivity index (χ3n) is 4.27. The molecule has 1 N–H and O–H groups in total. The van der Waals surface area contributed by atoms with E-state index < -0.39 is 0 Å². The first-order valence-electron chi connectivity index (χ1n) is 7.52. The summed E-state index contributed by atoms with van der Waals surface area (Å²) in [5.74, 6) is 0. The second kappa shape index (κ2) is 5.78. The Morgan fingerprint density at radius 3 is 3.00 bits per heavy atom. The third kappa shape index (κ3) is 2.70. The van der Waals surface area contributed by atoms with Crippen molar-refractivity contribution in [1.29, 1.82) is 0 Å². The average molecular weight is 301 g/mol. The maximum Gasteiger partial charge on any atom is 0.0710 e. The summed E-state index contributed by atoms with van der Waals surface area (Å²) >= 11 is 1.78. The molecular formula is C17H23N3S. The summed E-state index contributed by atoms with van der Waals surface area (Å²) in [4.78, 5) is 7.19. The monoisotopic (exact) mass is 301 g/mol. The molecule has 0 spiro atoms. The Morgan fingerprint density at radius 2 is 2.29 bits per heavy atom. The zero-order valence-electron chi connectivity index (χ0n) is 13.0. The molecular weight excluding hydrogens is 278 g/mol. The summed E-state index contributed by atoms with van der Waals surface area (Å²) in [6, 6.07) is 6.95. The Labute approximate surface area is 131 Å². The van der Waals surface area contributed by atoms with Crippen molar-refractivity contribution in [1.82, 2.24) is 10.3 Å². The number of aromatic nitrogens is 1. The van der Waals surface area contributed by atoms with Gasteiger partial charge in [0.2, 0.25) is 0 Å². The van der Waals surface area contributed by atoms with E-state index in [-0.39, 0.29) is 5.41 Å². The number of anilines is 1. The quantitative estimate of drug-likeness (QED) is 0.914. The molecule has 2 aromatic rings. The smallest absolute Gasteiger partial charge is 0.0710 e. The van der Waals surface area contributed by atoms with Crippen molar-refractivity contribution in [2.24, 2.45) is 0 Å². The van der Waals surface area contributed by atoms with Crippen LogP contribution in [0.1, 0.15) is 37.6 Å². The number of hydrogen-bond donors (Lipinski definition) is 1. The number of rotatable bonds is 5. The largest absolute Gasteiger partial charge is 0.362 e. The van der Waals surface area contributed by atoms with Crippen LogP contribution < -0.4 is 10.2 Å².